The van der Waals surface area contributed by atoms with Crippen LogP contribution in [0.1, 0.15) is 26.0 Å². The lowest BCUT2D eigenvalue weighted by molar-refractivity contribution is 0.0681. The quantitative estimate of drug-likeness (QED) is 0.275. The Hall–Kier alpha value is -3.43. The van der Waals surface area contributed by atoms with Crippen LogP contribution in [0.15, 0.2) is 33.7 Å². The average molecular weight is 529 g/mol. The van der Waals surface area contributed by atoms with Crippen LogP contribution in [0.2, 0.25) is 0 Å². The first-order valence-corrected chi connectivity index (χ1v) is 12.9. The van der Waals surface area contributed by atoms with E-state index in [1.54, 1.807) is 12.1 Å². The minimum Gasteiger partial charge on any atom is -0.476 e. The summed E-state index contributed by atoms with van der Waals surface area (Å²) in [6.45, 7) is 0.346. The summed E-state index contributed by atoms with van der Waals surface area (Å²) < 4.78 is 0. The smallest absolute Gasteiger partial charge is 0.355 e. The predicted octanol–water partition coefficient (Wildman–Crippen LogP) is 4.43. The summed E-state index contributed by atoms with van der Waals surface area (Å²) in [7, 11) is 0. The van der Waals surface area contributed by atoms with Gasteiger partial charge in [-0.3, -0.25) is 0 Å². The number of carboxylic acids is 2. The van der Waals surface area contributed by atoms with Gasteiger partial charge in [0.05, 0.1) is 5.69 Å². The molecule has 0 spiro atoms. The second-order valence-electron chi connectivity index (χ2n) is 6.65. The summed E-state index contributed by atoms with van der Waals surface area (Å²) in [4.78, 5) is 44.8. The van der Waals surface area contributed by atoms with Gasteiger partial charge in [-0.25, -0.2) is 34.5 Å². The highest BCUT2D eigenvalue weighted by Crippen LogP contribution is 2.37. The van der Waals surface area contributed by atoms with Crippen LogP contribution in [0, 0.1) is 0 Å². The fourth-order valence-electron chi connectivity index (χ4n) is 2.93. The van der Waals surface area contributed by atoms with E-state index in [4.69, 9.17) is 15.7 Å². The van der Waals surface area contributed by atoms with Gasteiger partial charge in [-0.1, -0.05) is 0 Å². The maximum atomic E-state index is 11.3. The highest BCUT2D eigenvalue weighted by Gasteiger charge is 2.20. The van der Waals surface area contributed by atoms with Crippen molar-refractivity contribution in [3.8, 4) is 43.4 Å². The monoisotopic (exact) mass is 528 g/mol. The van der Waals surface area contributed by atoms with Crippen molar-refractivity contribution in [2.75, 3.05) is 0 Å². The first-order valence-electron chi connectivity index (χ1n) is 9.43. The van der Waals surface area contributed by atoms with Gasteiger partial charge in [-0.2, -0.15) is 0 Å². The Labute approximate surface area is 207 Å². The summed E-state index contributed by atoms with van der Waals surface area (Å²) in [5, 5.41) is 27.5. The Bertz CT molecular complexity index is 1540. The van der Waals surface area contributed by atoms with E-state index in [-0.39, 0.29) is 11.4 Å². The molecule has 0 saturated heterocycles. The molecule has 10 nitrogen and oxygen atoms in total. The molecule has 0 aliphatic carbocycles. The third-order valence-electron chi connectivity index (χ3n) is 4.48. The van der Waals surface area contributed by atoms with Gasteiger partial charge in [0.2, 0.25) is 0 Å². The van der Waals surface area contributed by atoms with Crippen LogP contribution in [0.3, 0.4) is 0 Å². The maximum Gasteiger partial charge on any atom is 0.355 e. The van der Waals surface area contributed by atoms with E-state index in [0.717, 1.165) is 5.01 Å². The Morgan fingerprint density at radius 3 is 1.97 bits per heavy atom. The first-order chi connectivity index (χ1) is 16.4. The number of hydrogen-bond donors (Lipinski definition) is 3. The number of thiazole rings is 4. The topological polar surface area (TPSA) is 165 Å². The number of pyridine rings is 1. The molecule has 0 aromatic carbocycles. The van der Waals surface area contributed by atoms with Gasteiger partial charge in [-0.05, 0) is 12.1 Å². The van der Waals surface area contributed by atoms with E-state index in [0.29, 0.717) is 49.9 Å². The fourth-order valence-corrected chi connectivity index (χ4v) is 6.01. The molecule has 5 aromatic rings. The molecule has 0 bridgehead atoms. The summed E-state index contributed by atoms with van der Waals surface area (Å²) in [6.07, 6.45) is 0. The van der Waals surface area contributed by atoms with Gasteiger partial charge >= 0.3 is 11.9 Å². The molecule has 5 heterocycles. The summed E-state index contributed by atoms with van der Waals surface area (Å²) >= 11 is 5.21. The Morgan fingerprint density at radius 1 is 0.706 bits per heavy atom. The first kappa shape index (κ1) is 22.4. The lowest BCUT2D eigenvalue weighted by Gasteiger charge is -2.06. The van der Waals surface area contributed by atoms with Crippen LogP contribution >= 0.6 is 45.3 Å². The fraction of sp³-hybridized carbons (Fsp3) is 0.0500. The van der Waals surface area contributed by atoms with E-state index in [2.05, 4.69) is 15.0 Å². The average Bonchev–Trinajstić information content (AvgIpc) is 3.63. The molecule has 170 valence electrons. The number of nitrogens with two attached hydrogens (primary N) is 1. The summed E-state index contributed by atoms with van der Waals surface area (Å²) in [5.74, 6) is -2.24. The molecule has 0 aliphatic heterocycles. The van der Waals surface area contributed by atoms with Crippen molar-refractivity contribution in [2.45, 2.75) is 6.54 Å². The van der Waals surface area contributed by atoms with Gasteiger partial charge < -0.3 is 15.9 Å². The maximum absolute atomic E-state index is 11.3. The number of nitrogens with zero attached hydrogens (tertiary/aromatic N) is 5. The summed E-state index contributed by atoms with van der Waals surface area (Å²) in [6, 6.07) is 3.46. The van der Waals surface area contributed by atoms with Crippen molar-refractivity contribution >= 4 is 57.3 Å². The van der Waals surface area contributed by atoms with E-state index in [1.165, 1.54) is 56.1 Å². The van der Waals surface area contributed by atoms with E-state index in [1.807, 2.05) is 10.8 Å². The van der Waals surface area contributed by atoms with Crippen molar-refractivity contribution < 1.29 is 19.8 Å². The van der Waals surface area contributed by atoms with Crippen LogP contribution in [-0.4, -0.2) is 47.1 Å². The predicted molar refractivity (Wildman–Crippen MR) is 130 cm³/mol. The third-order valence-corrected chi connectivity index (χ3v) is 7.96. The molecule has 0 atom stereocenters. The van der Waals surface area contributed by atoms with Gasteiger partial charge in [0, 0.05) is 33.6 Å². The van der Waals surface area contributed by atoms with E-state index >= 15 is 0 Å². The highest BCUT2D eigenvalue weighted by atomic mass is 32.1. The van der Waals surface area contributed by atoms with Crippen molar-refractivity contribution in [1.29, 1.82) is 0 Å². The van der Waals surface area contributed by atoms with Gasteiger partial charge in [-0.15, -0.1) is 45.3 Å². The molecule has 14 heteroatoms. The zero-order chi connectivity index (χ0) is 23.8. The standard InChI is InChI=1S/C20H12N6O4S4/c21-3-14-22-11(5-31-14)18-24-10(4-33-18)15-8(16-25-12(6-32-16)19(27)28)1-2-9(23-15)17-26-13(7-34-17)20(29)30/h1-2,4-7H,3,21H2,(H,27,28)(H,29,30). The highest BCUT2D eigenvalue weighted by molar-refractivity contribution is 7.14. The van der Waals surface area contributed by atoms with E-state index < -0.39 is 11.9 Å². The Balaban J connectivity index is 1.62. The van der Waals surface area contributed by atoms with E-state index in [9.17, 15) is 19.8 Å². The number of aromatic nitrogens is 5. The lowest BCUT2D eigenvalue weighted by Crippen LogP contribution is -1.98. The number of carboxylic acid groups (broad SMARTS) is 2. The van der Waals surface area contributed by atoms with Crippen LogP contribution in [-0.2, 0) is 6.54 Å². The Morgan fingerprint density at radius 2 is 1.32 bits per heavy atom. The largest absolute Gasteiger partial charge is 0.476 e. The molecule has 34 heavy (non-hydrogen) atoms. The van der Waals surface area contributed by atoms with Crippen molar-refractivity contribution in [3.05, 3.63) is 50.0 Å². The molecule has 0 fully saturated rings. The minimum absolute atomic E-state index is 0.0585. The molecule has 5 rings (SSSR count). The lowest BCUT2D eigenvalue weighted by atomic mass is 10.1. The number of hydrogen-bond acceptors (Lipinski definition) is 12. The number of aromatic carboxylic acids is 2. The normalized spacial score (nSPS) is 11.1. The minimum atomic E-state index is -1.12. The molecular weight excluding hydrogens is 517 g/mol. The Kier molecular flexibility index (Phi) is 5.97. The van der Waals surface area contributed by atoms with Crippen LogP contribution in [0.25, 0.3) is 43.4 Å². The molecular formula is C20H12N6O4S4. The molecule has 5 aromatic heterocycles. The second-order valence-corrected chi connectivity index (χ2v) is 10.2. The zero-order valence-electron chi connectivity index (χ0n) is 16.8. The molecule has 0 amide bonds. The number of rotatable bonds is 7. The molecule has 0 aliphatic rings. The third kappa shape index (κ3) is 4.24. The van der Waals surface area contributed by atoms with Gasteiger partial charge in [0.15, 0.2) is 11.4 Å². The van der Waals surface area contributed by atoms with Crippen molar-refractivity contribution in [3.63, 3.8) is 0 Å². The van der Waals surface area contributed by atoms with Crippen molar-refractivity contribution in [1.82, 2.24) is 24.9 Å². The van der Waals surface area contributed by atoms with Crippen LogP contribution in [0.4, 0.5) is 0 Å². The van der Waals surface area contributed by atoms with Gasteiger partial charge in [0.1, 0.15) is 37.1 Å². The SMILES string of the molecule is NCc1nc(-c2nc(-c3nc(-c4nc(C(=O)O)cs4)ccc3-c3nc(C(=O)O)cs3)cs2)cs1. The molecule has 0 unspecified atom stereocenters. The van der Waals surface area contributed by atoms with Crippen LogP contribution in [0.5, 0.6) is 0 Å². The van der Waals surface area contributed by atoms with Crippen molar-refractivity contribution in [2.24, 2.45) is 5.73 Å². The summed E-state index contributed by atoms with van der Waals surface area (Å²) in [5.41, 5.74) is 8.38. The molecule has 0 saturated carbocycles. The second kappa shape index (κ2) is 9.08. The zero-order valence-corrected chi connectivity index (χ0v) is 20.1. The van der Waals surface area contributed by atoms with Gasteiger partial charge in [0.25, 0.3) is 0 Å². The molecule has 0 radical (unpaired) electrons. The van der Waals surface area contributed by atoms with Crippen LogP contribution < -0.4 is 5.73 Å². The molecule has 4 N–H and O–H groups in total. The number of carbonyl (C=O) groups is 2.